The van der Waals surface area contributed by atoms with Crippen molar-refractivity contribution in [2.75, 3.05) is 0 Å². The van der Waals surface area contributed by atoms with E-state index in [4.69, 9.17) is 5.73 Å². The van der Waals surface area contributed by atoms with Gasteiger partial charge >= 0.3 is 0 Å². The molecule has 2 nitrogen and oxygen atoms in total. The van der Waals surface area contributed by atoms with Gasteiger partial charge in [0.2, 0.25) is 5.91 Å². The maximum atomic E-state index is 11.2. The maximum absolute atomic E-state index is 11.2. The quantitative estimate of drug-likeness (QED) is 0.683. The number of carbonyl (C=O) groups is 1. The second-order valence-corrected chi connectivity index (χ2v) is 4.31. The predicted molar refractivity (Wildman–Crippen MR) is 47.4 cm³/mol. The fourth-order valence-corrected chi connectivity index (χ4v) is 2.45. The van der Waals surface area contributed by atoms with Crippen LogP contribution in [0.1, 0.15) is 38.5 Å². The largest absolute Gasteiger partial charge is 0.369 e. The van der Waals surface area contributed by atoms with Crippen LogP contribution in [0.2, 0.25) is 0 Å². The summed E-state index contributed by atoms with van der Waals surface area (Å²) in [6.45, 7) is 0. The second-order valence-electron chi connectivity index (χ2n) is 4.31. The number of amides is 1. The molecule has 0 radical (unpaired) electrons. The van der Waals surface area contributed by atoms with Crippen molar-refractivity contribution >= 4 is 5.91 Å². The fourth-order valence-electron chi connectivity index (χ4n) is 2.45. The Morgan fingerprint density at radius 2 is 1.50 bits per heavy atom. The van der Waals surface area contributed by atoms with Crippen molar-refractivity contribution in [3.05, 3.63) is 0 Å². The van der Waals surface area contributed by atoms with E-state index in [1.165, 1.54) is 38.5 Å². The highest BCUT2D eigenvalue weighted by molar-refractivity contribution is 5.77. The molecular formula is C10H17NO. The first kappa shape index (κ1) is 8.09. The summed E-state index contributed by atoms with van der Waals surface area (Å²) in [5, 5.41) is 0. The molecule has 0 unspecified atom stereocenters. The lowest BCUT2D eigenvalue weighted by atomic mass is 9.64. The number of hydrogen-bond donors (Lipinski definition) is 1. The minimum absolute atomic E-state index is 0.0376. The summed E-state index contributed by atoms with van der Waals surface area (Å²) < 4.78 is 0. The van der Waals surface area contributed by atoms with Crippen LogP contribution in [0, 0.1) is 17.8 Å². The summed E-state index contributed by atoms with van der Waals surface area (Å²) in [6.07, 6.45) is 7.57. The van der Waals surface area contributed by atoms with Gasteiger partial charge in [-0.2, -0.15) is 0 Å². The Morgan fingerprint density at radius 3 is 1.67 bits per heavy atom. The first-order valence-corrected chi connectivity index (χ1v) is 5.08. The lowest BCUT2D eigenvalue weighted by Gasteiger charge is -2.40. The van der Waals surface area contributed by atoms with Crippen molar-refractivity contribution in [1.82, 2.24) is 0 Å². The van der Waals surface area contributed by atoms with Crippen LogP contribution in [-0.4, -0.2) is 5.91 Å². The van der Waals surface area contributed by atoms with Gasteiger partial charge in [-0.15, -0.1) is 0 Å². The van der Waals surface area contributed by atoms with Crippen molar-refractivity contribution < 1.29 is 4.79 Å². The van der Waals surface area contributed by atoms with E-state index in [9.17, 15) is 4.79 Å². The molecule has 1 amide bonds. The Labute approximate surface area is 73.5 Å². The molecule has 2 fully saturated rings. The summed E-state index contributed by atoms with van der Waals surface area (Å²) >= 11 is 0. The Hall–Kier alpha value is -0.530. The molecule has 0 spiro atoms. The van der Waals surface area contributed by atoms with E-state index in [1.807, 2.05) is 0 Å². The highest BCUT2D eigenvalue weighted by atomic mass is 16.1. The summed E-state index contributed by atoms with van der Waals surface area (Å²) in [4.78, 5) is 11.2. The molecule has 0 aliphatic heterocycles. The molecule has 2 aliphatic rings. The lowest BCUT2D eigenvalue weighted by Crippen LogP contribution is -2.41. The molecule has 2 heteroatoms. The SMILES string of the molecule is NC(=O)C(C1CCC1)C1CCC1. The minimum atomic E-state index is -0.0376. The molecular weight excluding hydrogens is 150 g/mol. The average Bonchev–Trinajstić information content (AvgIpc) is 1.77. The van der Waals surface area contributed by atoms with Crippen molar-refractivity contribution in [2.24, 2.45) is 23.5 Å². The molecule has 0 aromatic heterocycles. The summed E-state index contributed by atoms with van der Waals surface area (Å²) in [5.41, 5.74) is 5.42. The third-order valence-electron chi connectivity index (χ3n) is 3.64. The summed E-state index contributed by atoms with van der Waals surface area (Å²) in [6, 6.07) is 0. The van der Waals surface area contributed by atoms with Crippen LogP contribution in [0.25, 0.3) is 0 Å². The van der Waals surface area contributed by atoms with E-state index in [2.05, 4.69) is 0 Å². The van der Waals surface area contributed by atoms with Crippen LogP contribution in [0.3, 0.4) is 0 Å². The molecule has 0 aromatic carbocycles. The molecule has 0 atom stereocenters. The second kappa shape index (κ2) is 3.08. The molecule has 0 heterocycles. The topological polar surface area (TPSA) is 43.1 Å². The van der Waals surface area contributed by atoms with Gasteiger partial charge in [-0.3, -0.25) is 4.79 Å². The van der Waals surface area contributed by atoms with Gasteiger partial charge < -0.3 is 5.73 Å². The molecule has 0 aromatic rings. The molecule has 2 N–H and O–H groups in total. The lowest BCUT2D eigenvalue weighted by molar-refractivity contribution is -0.128. The van der Waals surface area contributed by atoms with E-state index in [0.29, 0.717) is 11.8 Å². The van der Waals surface area contributed by atoms with Crippen molar-refractivity contribution in [3.63, 3.8) is 0 Å². The van der Waals surface area contributed by atoms with Crippen LogP contribution in [0.5, 0.6) is 0 Å². The minimum Gasteiger partial charge on any atom is -0.369 e. The van der Waals surface area contributed by atoms with E-state index in [-0.39, 0.29) is 11.8 Å². The van der Waals surface area contributed by atoms with Gasteiger partial charge in [0.1, 0.15) is 0 Å². The van der Waals surface area contributed by atoms with Crippen LogP contribution in [-0.2, 0) is 4.79 Å². The van der Waals surface area contributed by atoms with Gasteiger partial charge in [-0.1, -0.05) is 12.8 Å². The number of carbonyl (C=O) groups excluding carboxylic acids is 1. The smallest absolute Gasteiger partial charge is 0.221 e. The fraction of sp³-hybridized carbons (Fsp3) is 0.900. The van der Waals surface area contributed by atoms with E-state index in [0.717, 1.165) is 0 Å². The van der Waals surface area contributed by atoms with Gasteiger partial charge in [0.05, 0.1) is 0 Å². The third kappa shape index (κ3) is 1.23. The summed E-state index contributed by atoms with van der Waals surface area (Å²) in [5.74, 6) is 1.48. The molecule has 12 heavy (non-hydrogen) atoms. The molecule has 2 rings (SSSR count). The normalized spacial score (nSPS) is 25.1. The van der Waals surface area contributed by atoms with Crippen molar-refractivity contribution in [3.8, 4) is 0 Å². The Morgan fingerprint density at radius 1 is 1.08 bits per heavy atom. The number of hydrogen-bond acceptors (Lipinski definition) is 1. The number of rotatable bonds is 3. The summed E-state index contributed by atoms with van der Waals surface area (Å²) in [7, 11) is 0. The van der Waals surface area contributed by atoms with Gasteiger partial charge in [0.25, 0.3) is 0 Å². The standard InChI is InChI=1S/C10H17NO/c11-10(12)9(7-3-1-4-7)8-5-2-6-8/h7-9H,1-6H2,(H2,11,12). The maximum Gasteiger partial charge on any atom is 0.221 e. The van der Waals surface area contributed by atoms with Crippen molar-refractivity contribution in [2.45, 2.75) is 38.5 Å². The Balaban J connectivity index is 1.95. The van der Waals surface area contributed by atoms with E-state index < -0.39 is 0 Å². The Bertz CT molecular complexity index is 168. The van der Waals surface area contributed by atoms with Crippen LogP contribution >= 0.6 is 0 Å². The van der Waals surface area contributed by atoms with Gasteiger partial charge in [0, 0.05) is 5.92 Å². The van der Waals surface area contributed by atoms with Gasteiger partial charge in [-0.05, 0) is 37.5 Å². The van der Waals surface area contributed by atoms with Gasteiger partial charge in [-0.25, -0.2) is 0 Å². The highest BCUT2D eigenvalue weighted by Crippen LogP contribution is 2.44. The predicted octanol–water partition coefficient (Wildman–Crippen LogP) is 1.69. The molecule has 68 valence electrons. The van der Waals surface area contributed by atoms with Crippen molar-refractivity contribution in [1.29, 1.82) is 0 Å². The molecule has 0 saturated heterocycles. The monoisotopic (exact) mass is 167 g/mol. The van der Waals surface area contributed by atoms with E-state index >= 15 is 0 Å². The number of primary amides is 1. The third-order valence-corrected chi connectivity index (χ3v) is 3.64. The zero-order chi connectivity index (χ0) is 8.55. The molecule has 0 bridgehead atoms. The first-order valence-electron chi connectivity index (χ1n) is 5.08. The average molecular weight is 167 g/mol. The van der Waals surface area contributed by atoms with Crippen LogP contribution in [0.4, 0.5) is 0 Å². The zero-order valence-electron chi connectivity index (χ0n) is 7.46. The van der Waals surface area contributed by atoms with Crippen LogP contribution in [0.15, 0.2) is 0 Å². The Kier molecular flexibility index (Phi) is 2.07. The first-order chi connectivity index (χ1) is 5.79. The molecule has 2 aliphatic carbocycles. The zero-order valence-corrected chi connectivity index (χ0v) is 7.46. The molecule has 2 saturated carbocycles. The number of nitrogens with two attached hydrogens (primary N) is 1. The van der Waals surface area contributed by atoms with Gasteiger partial charge in [0.15, 0.2) is 0 Å². The van der Waals surface area contributed by atoms with Crippen LogP contribution < -0.4 is 5.73 Å². The highest BCUT2D eigenvalue weighted by Gasteiger charge is 2.39. The van der Waals surface area contributed by atoms with E-state index in [1.54, 1.807) is 0 Å².